The molecular weight excluding hydrogens is 246 g/mol. The van der Waals surface area contributed by atoms with E-state index >= 15 is 0 Å². The summed E-state index contributed by atoms with van der Waals surface area (Å²) in [6.45, 7) is 2.43. The highest BCUT2D eigenvalue weighted by molar-refractivity contribution is 5.17. The van der Waals surface area contributed by atoms with Crippen LogP contribution >= 0.6 is 0 Å². The van der Waals surface area contributed by atoms with E-state index in [2.05, 4.69) is 5.32 Å². The smallest absolute Gasteiger partial charge is 0.314 e. The van der Waals surface area contributed by atoms with Crippen molar-refractivity contribution in [3.8, 4) is 0 Å². The van der Waals surface area contributed by atoms with Gasteiger partial charge in [-0.3, -0.25) is 0 Å². The molecule has 0 aliphatic carbocycles. The Kier molecular flexibility index (Phi) is 5.59. The average molecular weight is 263 g/mol. The Labute approximate surface area is 104 Å². The van der Waals surface area contributed by atoms with Crippen LogP contribution in [0, 0.1) is 5.82 Å². The molecule has 0 saturated carbocycles. The van der Waals surface area contributed by atoms with Gasteiger partial charge < -0.3 is 5.32 Å². The molecule has 1 atom stereocenters. The largest absolute Gasteiger partial charge is 0.389 e. The normalized spacial score (nSPS) is 13.6. The fourth-order valence-corrected chi connectivity index (χ4v) is 1.85. The lowest BCUT2D eigenvalue weighted by atomic mass is 10.0. The number of nitrogens with one attached hydrogen (secondary N) is 1. The van der Waals surface area contributed by atoms with Crippen LogP contribution in [0.15, 0.2) is 24.3 Å². The van der Waals surface area contributed by atoms with Crippen LogP contribution < -0.4 is 5.32 Å². The monoisotopic (exact) mass is 263 g/mol. The maximum Gasteiger partial charge on any atom is 0.389 e. The standard InChI is InChI=1S/C13H17F4N/c1-2-18-12(6-7-13(15,16)17)9-10-4-3-5-11(14)8-10/h3-5,8,12,18H,2,6-7,9H2,1H3. The molecule has 18 heavy (non-hydrogen) atoms. The van der Waals surface area contributed by atoms with Gasteiger partial charge in [0.1, 0.15) is 5.82 Å². The minimum atomic E-state index is -4.14. The molecule has 1 rings (SSSR count). The SMILES string of the molecule is CCNC(CCC(F)(F)F)Cc1cccc(F)c1. The van der Waals surface area contributed by atoms with Crippen LogP contribution in [-0.2, 0) is 6.42 Å². The summed E-state index contributed by atoms with van der Waals surface area (Å²) in [5, 5.41) is 3.00. The number of likely N-dealkylation sites (N-methyl/N-ethyl adjacent to an activating group) is 1. The first-order valence-corrected chi connectivity index (χ1v) is 5.95. The third-order valence-electron chi connectivity index (χ3n) is 2.64. The molecule has 0 fully saturated rings. The summed E-state index contributed by atoms with van der Waals surface area (Å²) in [6, 6.07) is 5.69. The molecule has 0 amide bonds. The first-order valence-electron chi connectivity index (χ1n) is 5.95. The Balaban J connectivity index is 2.57. The molecule has 5 heteroatoms. The molecule has 1 N–H and O–H groups in total. The Morgan fingerprint density at radius 1 is 1.28 bits per heavy atom. The van der Waals surface area contributed by atoms with Crippen LogP contribution in [-0.4, -0.2) is 18.8 Å². The summed E-state index contributed by atoms with van der Waals surface area (Å²) in [5.41, 5.74) is 0.711. The molecule has 0 aliphatic heterocycles. The number of hydrogen-bond acceptors (Lipinski definition) is 1. The van der Waals surface area contributed by atoms with Crippen molar-refractivity contribution in [2.24, 2.45) is 0 Å². The van der Waals surface area contributed by atoms with Crippen molar-refractivity contribution in [3.63, 3.8) is 0 Å². The Morgan fingerprint density at radius 2 is 2.00 bits per heavy atom. The summed E-state index contributed by atoms with van der Waals surface area (Å²) < 4.78 is 49.5. The lowest BCUT2D eigenvalue weighted by Gasteiger charge is -2.18. The van der Waals surface area contributed by atoms with Crippen molar-refractivity contribution in [1.82, 2.24) is 5.32 Å². The van der Waals surface area contributed by atoms with Crippen molar-refractivity contribution in [1.29, 1.82) is 0 Å². The third-order valence-corrected chi connectivity index (χ3v) is 2.64. The van der Waals surface area contributed by atoms with Gasteiger partial charge in [0.25, 0.3) is 0 Å². The second-order valence-corrected chi connectivity index (χ2v) is 4.24. The van der Waals surface area contributed by atoms with Gasteiger partial charge in [-0.15, -0.1) is 0 Å². The Hall–Kier alpha value is -1.10. The van der Waals surface area contributed by atoms with Crippen molar-refractivity contribution in [2.75, 3.05) is 6.54 Å². The van der Waals surface area contributed by atoms with Gasteiger partial charge in [-0.05, 0) is 37.1 Å². The summed E-state index contributed by atoms with van der Waals surface area (Å²) >= 11 is 0. The fraction of sp³-hybridized carbons (Fsp3) is 0.538. The molecule has 1 aromatic rings. The van der Waals surface area contributed by atoms with Gasteiger partial charge in [-0.25, -0.2) is 4.39 Å². The molecule has 1 aromatic carbocycles. The van der Waals surface area contributed by atoms with Crippen LogP contribution in [0.3, 0.4) is 0 Å². The molecular formula is C13H17F4N. The maximum absolute atomic E-state index is 13.0. The Bertz CT molecular complexity index is 362. The van der Waals surface area contributed by atoms with E-state index in [4.69, 9.17) is 0 Å². The number of hydrogen-bond donors (Lipinski definition) is 1. The molecule has 1 unspecified atom stereocenters. The fourth-order valence-electron chi connectivity index (χ4n) is 1.85. The average Bonchev–Trinajstić information content (AvgIpc) is 2.25. The van der Waals surface area contributed by atoms with Crippen LogP contribution in [0.5, 0.6) is 0 Å². The van der Waals surface area contributed by atoms with Gasteiger partial charge in [0.15, 0.2) is 0 Å². The topological polar surface area (TPSA) is 12.0 Å². The number of rotatable bonds is 6. The zero-order chi connectivity index (χ0) is 13.6. The summed E-state index contributed by atoms with van der Waals surface area (Å²) in [6.07, 6.45) is -4.55. The summed E-state index contributed by atoms with van der Waals surface area (Å²) in [4.78, 5) is 0. The van der Waals surface area contributed by atoms with Gasteiger partial charge in [0.2, 0.25) is 0 Å². The zero-order valence-corrected chi connectivity index (χ0v) is 10.2. The highest BCUT2D eigenvalue weighted by Gasteiger charge is 2.28. The molecule has 0 saturated heterocycles. The molecule has 0 heterocycles. The Morgan fingerprint density at radius 3 is 2.56 bits per heavy atom. The molecule has 0 aliphatic rings. The number of benzene rings is 1. The highest BCUT2D eigenvalue weighted by Crippen LogP contribution is 2.23. The van der Waals surface area contributed by atoms with Gasteiger partial charge in [0, 0.05) is 12.5 Å². The van der Waals surface area contributed by atoms with Crippen LogP contribution in [0.25, 0.3) is 0 Å². The van der Waals surface area contributed by atoms with E-state index in [9.17, 15) is 17.6 Å². The zero-order valence-electron chi connectivity index (χ0n) is 10.2. The van der Waals surface area contributed by atoms with Crippen molar-refractivity contribution < 1.29 is 17.6 Å². The van der Waals surface area contributed by atoms with Gasteiger partial charge in [-0.2, -0.15) is 13.2 Å². The van der Waals surface area contributed by atoms with Crippen LogP contribution in [0.1, 0.15) is 25.3 Å². The summed E-state index contributed by atoms with van der Waals surface area (Å²) in [7, 11) is 0. The van der Waals surface area contributed by atoms with E-state index in [1.54, 1.807) is 12.1 Å². The van der Waals surface area contributed by atoms with E-state index < -0.39 is 12.6 Å². The highest BCUT2D eigenvalue weighted by atomic mass is 19.4. The van der Waals surface area contributed by atoms with Crippen molar-refractivity contribution in [2.45, 2.75) is 38.4 Å². The lowest BCUT2D eigenvalue weighted by molar-refractivity contribution is -0.136. The second kappa shape index (κ2) is 6.73. The predicted molar refractivity (Wildman–Crippen MR) is 62.9 cm³/mol. The molecule has 0 bridgehead atoms. The third kappa shape index (κ3) is 6.00. The van der Waals surface area contributed by atoms with Gasteiger partial charge in [-0.1, -0.05) is 19.1 Å². The quantitative estimate of drug-likeness (QED) is 0.772. The maximum atomic E-state index is 13.0. The van der Waals surface area contributed by atoms with Gasteiger partial charge in [0.05, 0.1) is 0 Å². The first-order chi connectivity index (χ1) is 8.40. The van der Waals surface area contributed by atoms with Crippen molar-refractivity contribution in [3.05, 3.63) is 35.6 Å². The minimum absolute atomic E-state index is 0.00779. The first kappa shape index (κ1) is 15.0. The molecule has 1 nitrogen and oxygen atoms in total. The van der Waals surface area contributed by atoms with E-state index in [1.165, 1.54) is 12.1 Å². The molecule has 0 spiro atoms. The molecule has 0 aromatic heterocycles. The van der Waals surface area contributed by atoms with E-state index in [0.29, 0.717) is 18.5 Å². The lowest BCUT2D eigenvalue weighted by Crippen LogP contribution is -2.32. The van der Waals surface area contributed by atoms with Crippen molar-refractivity contribution >= 4 is 0 Å². The van der Waals surface area contributed by atoms with Crippen LogP contribution in [0.4, 0.5) is 17.6 Å². The van der Waals surface area contributed by atoms with E-state index in [0.717, 1.165) is 0 Å². The van der Waals surface area contributed by atoms with Crippen LogP contribution in [0.2, 0.25) is 0 Å². The number of alkyl halides is 3. The number of halogens is 4. The minimum Gasteiger partial charge on any atom is -0.314 e. The summed E-state index contributed by atoms with van der Waals surface area (Å²) in [5.74, 6) is -0.362. The molecule has 0 radical (unpaired) electrons. The van der Waals surface area contributed by atoms with E-state index in [1.807, 2.05) is 6.92 Å². The van der Waals surface area contributed by atoms with Gasteiger partial charge >= 0.3 is 6.18 Å². The molecule has 102 valence electrons. The second-order valence-electron chi connectivity index (χ2n) is 4.24. The predicted octanol–water partition coefficient (Wildman–Crippen LogP) is 3.69. The van der Waals surface area contributed by atoms with E-state index in [-0.39, 0.29) is 18.3 Å².